The lowest BCUT2D eigenvalue weighted by molar-refractivity contribution is 0.914. The zero-order valence-electron chi connectivity index (χ0n) is 6.88. The molecule has 0 aliphatic carbocycles. The molecule has 1 radical (unpaired) electrons. The molecular formula is C10H14N. The largest absolute Gasteiger partial charge is 0.399 e. The number of hydrogen-bond acceptors (Lipinski definition) is 1. The summed E-state index contributed by atoms with van der Waals surface area (Å²) in [4.78, 5) is 0. The Balaban J connectivity index is 2.56. The maximum atomic E-state index is 5.61. The van der Waals surface area contributed by atoms with Crippen LogP contribution in [0.2, 0.25) is 0 Å². The summed E-state index contributed by atoms with van der Waals surface area (Å²) in [7, 11) is 0. The van der Waals surface area contributed by atoms with Crippen LogP contribution in [0.15, 0.2) is 24.3 Å². The van der Waals surface area contributed by atoms with Crippen LogP contribution in [-0.4, -0.2) is 0 Å². The van der Waals surface area contributed by atoms with Crippen molar-refractivity contribution in [3.05, 3.63) is 36.2 Å². The minimum Gasteiger partial charge on any atom is -0.399 e. The van der Waals surface area contributed by atoms with E-state index in [1.807, 2.05) is 18.2 Å². The Morgan fingerprint density at radius 2 is 2.27 bits per heavy atom. The maximum Gasteiger partial charge on any atom is 0.0316 e. The average Bonchev–Trinajstić information content (AvgIpc) is 2.01. The first-order chi connectivity index (χ1) is 5.33. The van der Waals surface area contributed by atoms with Gasteiger partial charge in [0.1, 0.15) is 0 Å². The Bertz CT molecular complexity index is 218. The second-order valence-electron chi connectivity index (χ2n) is 2.66. The summed E-state index contributed by atoms with van der Waals surface area (Å²) in [6.45, 7) is 2.17. The van der Waals surface area contributed by atoms with Crippen molar-refractivity contribution in [3.8, 4) is 0 Å². The van der Waals surface area contributed by atoms with Gasteiger partial charge in [0.25, 0.3) is 0 Å². The van der Waals surface area contributed by atoms with Crippen molar-refractivity contribution in [2.75, 3.05) is 5.73 Å². The zero-order valence-corrected chi connectivity index (χ0v) is 6.88. The molecule has 0 aromatic heterocycles. The smallest absolute Gasteiger partial charge is 0.0316 e. The van der Waals surface area contributed by atoms with E-state index in [4.69, 9.17) is 5.73 Å². The van der Waals surface area contributed by atoms with Crippen molar-refractivity contribution in [2.45, 2.75) is 19.8 Å². The van der Waals surface area contributed by atoms with Crippen LogP contribution in [0, 0.1) is 6.42 Å². The highest BCUT2D eigenvalue weighted by Gasteiger charge is 1.91. The number of rotatable bonds is 3. The lowest BCUT2D eigenvalue weighted by atomic mass is 10.1. The fraction of sp³-hybridized carbons (Fsp3) is 0.300. The summed E-state index contributed by atoms with van der Waals surface area (Å²) >= 11 is 0. The molecule has 0 unspecified atom stereocenters. The molecule has 11 heavy (non-hydrogen) atoms. The highest BCUT2D eigenvalue weighted by Crippen LogP contribution is 2.10. The summed E-state index contributed by atoms with van der Waals surface area (Å²) < 4.78 is 0. The second kappa shape index (κ2) is 4.02. The third kappa shape index (κ3) is 2.62. The van der Waals surface area contributed by atoms with Gasteiger partial charge in [-0.05, 0) is 30.5 Å². The molecular weight excluding hydrogens is 134 g/mol. The van der Waals surface area contributed by atoms with Gasteiger partial charge in [-0.2, -0.15) is 0 Å². The van der Waals surface area contributed by atoms with Gasteiger partial charge in [0, 0.05) is 5.69 Å². The highest BCUT2D eigenvalue weighted by atomic mass is 14.5. The van der Waals surface area contributed by atoms with E-state index >= 15 is 0 Å². The first-order valence-electron chi connectivity index (χ1n) is 4.01. The molecule has 0 amide bonds. The number of nitrogens with two attached hydrogens (primary N) is 1. The van der Waals surface area contributed by atoms with E-state index in [0.29, 0.717) is 0 Å². The maximum absolute atomic E-state index is 5.61. The van der Waals surface area contributed by atoms with Crippen molar-refractivity contribution in [2.24, 2.45) is 0 Å². The second-order valence-corrected chi connectivity index (χ2v) is 2.66. The van der Waals surface area contributed by atoms with E-state index in [9.17, 15) is 0 Å². The number of unbranched alkanes of at least 4 members (excludes halogenated alkanes) is 1. The van der Waals surface area contributed by atoms with Gasteiger partial charge in [-0.3, -0.25) is 0 Å². The topological polar surface area (TPSA) is 26.0 Å². The van der Waals surface area contributed by atoms with Crippen LogP contribution in [0.5, 0.6) is 0 Å². The van der Waals surface area contributed by atoms with Crippen LogP contribution in [0.1, 0.15) is 25.3 Å². The molecule has 1 aromatic carbocycles. The zero-order chi connectivity index (χ0) is 8.10. The summed E-state index contributed by atoms with van der Waals surface area (Å²) in [5.74, 6) is 0. The Kier molecular flexibility index (Phi) is 2.96. The fourth-order valence-corrected chi connectivity index (χ4v) is 0.997. The van der Waals surface area contributed by atoms with E-state index in [1.54, 1.807) is 0 Å². The summed E-state index contributed by atoms with van der Waals surface area (Å²) in [5, 5.41) is 0. The van der Waals surface area contributed by atoms with Gasteiger partial charge in [-0.25, -0.2) is 0 Å². The number of nitrogen functional groups attached to an aromatic ring is 1. The monoisotopic (exact) mass is 148 g/mol. The molecule has 0 aliphatic rings. The van der Waals surface area contributed by atoms with Crippen LogP contribution < -0.4 is 5.73 Å². The van der Waals surface area contributed by atoms with Crippen LogP contribution in [-0.2, 0) is 0 Å². The van der Waals surface area contributed by atoms with Gasteiger partial charge >= 0.3 is 0 Å². The molecule has 1 nitrogen and oxygen atoms in total. The van der Waals surface area contributed by atoms with E-state index in [0.717, 1.165) is 12.1 Å². The van der Waals surface area contributed by atoms with Crippen LogP contribution in [0.25, 0.3) is 0 Å². The minimum atomic E-state index is 0.842. The molecule has 0 fully saturated rings. The number of hydrogen-bond donors (Lipinski definition) is 1. The fourth-order valence-electron chi connectivity index (χ4n) is 0.997. The highest BCUT2D eigenvalue weighted by molar-refractivity contribution is 5.42. The Labute approximate surface area is 68.2 Å². The molecule has 0 heterocycles. The first-order valence-corrected chi connectivity index (χ1v) is 4.01. The predicted molar refractivity (Wildman–Crippen MR) is 49.2 cm³/mol. The van der Waals surface area contributed by atoms with E-state index < -0.39 is 0 Å². The molecule has 2 N–H and O–H groups in total. The Hall–Kier alpha value is -0.980. The van der Waals surface area contributed by atoms with Crippen LogP contribution >= 0.6 is 0 Å². The third-order valence-corrected chi connectivity index (χ3v) is 1.58. The van der Waals surface area contributed by atoms with E-state index in [1.165, 1.54) is 12.0 Å². The Morgan fingerprint density at radius 1 is 1.45 bits per heavy atom. The van der Waals surface area contributed by atoms with Gasteiger partial charge in [0.05, 0.1) is 0 Å². The van der Waals surface area contributed by atoms with Crippen molar-refractivity contribution in [1.82, 2.24) is 0 Å². The SMILES string of the molecule is CCC[CH]c1cccc(N)c1. The van der Waals surface area contributed by atoms with Gasteiger partial charge in [-0.15, -0.1) is 0 Å². The summed E-state index contributed by atoms with van der Waals surface area (Å²) in [5.41, 5.74) is 7.68. The van der Waals surface area contributed by atoms with Gasteiger partial charge in [-0.1, -0.05) is 25.5 Å². The average molecular weight is 148 g/mol. The molecule has 1 heteroatoms. The molecule has 1 aromatic rings. The van der Waals surface area contributed by atoms with E-state index in [-0.39, 0.29) is 0 Å². The first kappa shape index (κ1) is 8.12. The molecule has 0 saturated carbocycles. The molecule has 0 saturated heterocycles. The molecule has 0 aliphatic heterocycles. The minimum absolute atomic E-state index is 0.842. The van der Waals surface area contributed by atoms with E-state index in [2.05, 4.69) is 19.4 Å². The molecule has 59 valence electrons. The van der Waals surface area contributed by atoms with Crippen LogP contribution in [0.3, 0.4) is 0 Å². The van der Waals surface area contributed by atoms with Gasteiger partial charge in [0.15, 0.2) is 0 Å². The standard InChI is InChI=1S/C10H14N/c1-2-3-5-9-6-4-7-10(11)8-9/h4-8H,2-3,11H2,1H3. The summed E-state index contributed by atoms with van der Waals surface area (Å²) in [6, 6.07) is 7.96. The lowest BCUT2D eigenvalue weighted by Crippen LogP contribution is -1.86. The predicted octanol–water partition coefficient (Wildman–Crippen LogP) is 2.62. The van der Waals surface area contributed by atoms with Crippen molar-refractivity contribution < 1.29 is 0 Å². The van der Waals surface area contributed by atoms with Crippen molar-refractivity contribution in [1.29, 1.82) is 0 Å². The quantitative estimate of drug-likeness (QED) is 0.655. The third-order valence-electron chi connectivity index (χ3n) is 1.58. The van der Waals surface area contributed by atoms with Crippen LogP contribution in [0.4, 0.5) is 5.69 Å². The summed E-state index contributed by atoms with van der Waals surface area (Å²) in [6.07, 6.45) is 4.52. The molecule has 1 rings (SSSR count). The number of benzene rings is 1. The van der Waals surface area contributed by atoms with Crippen molar-refractivity contribution >= 4 is 5.69 Å². The Morgan fingerprint density at radius 3 is 2.91 bits per heavy atom. The normalized spacial score (nSPS) is 9.91. The molecule has 0 atom stereocenters. The van der Waals surface area contributed by atoms with Gasteiger partial charge < -0.3 is 5.73 Å². The van der Waals surface area contributed by atoms with Crippen molar-refractivity contribution in [3.63, 3.8) is 0 Å². The molecule has 0 spiro atoms. The van der Waals surface area contributed by atoms with Gasteiger partial charge in [0.2, 0.25) is 0 Å². The molecule has 0 bridgehead atoms. The number of anilines is 1. The lowest BCUT2D eigenvalue weighted by Gasteiger charge is -1.99.